The van der Waals surface area contributed by atoms with E-state index in [1.54, 1.807) is 0 Å². The van der Waals surface area contributed by atoms with Crippen LogP contribution in [-0.2, 0) is 0 Å². The number of hydrazone groups is 1. The molecular weight excluding hydrogens is 322 g/mol. The van der Waals surface area contributed by atoms with E-state index in [0.717, 1.165) is 16.2 Å². The molecule has 2 aliphatic heterocycles. The summed E-state index contributed by atoms with van der Waals surface area (Å²) in [6, 6.07) is 2.87. The smallest absolute Gasteiger partial charge is 0.268 e. The molecule has 0 aromatic carbocycles. The Morgan fingerprint density at radius 2 is 2.21 bits per heavy atom. The van der Waals surface area contributed by atoms with Crippen LogP contribution in [0.4, 0.5) is 0 Å². The van der Waals surface area contributed by atoms with Gasteiger partial charge in [0, 0.05) is 17.1 Å². The van der Waals surface area contributed by atoms with Crippen molar-refractivity contribution in [3.05, 3.63) is 27.1 Å². The lowest BCUT2D eigenvalue weighted by atomic mass is 9.89. The number of fused-ring (bicyclic) bond motifs is 3. The van der Waals surface area contributed by atoms with Crippen LogP contribution in [0.5, 0.6) is 0 Å². The second kappa shape index (κ2) is 4.89. The molecule has 2 bridgehead atoms. The highest BCUT2D eigenvalue weighted by molar-refractivity contribution is 7.19. The summed E-state index contributed by atoms with van der Waals surface area (Å²) in [4.78, 5) is 21.6. The molecule has 24 heavy (non-hydrogen) atoms. The van der Waals surface area contributed by atoms with Gasteiger partial charge in [0.1, 0.15) is 10.5 Å². The number of hydrogen-bond acceptors (Lipinski definition) is 6. The quantitative estimate of drug-likeness (QED) is 0.781. The standard InChI is InChI=1S/C17H21N5OS/c1-17(2)10(7-18-22-17)12-6-11-14(24-12)16(23)21-15(20-11)13-8-3-4-9(5-8)19-13/h6-10,13,19,22H,3-5H2,1-2H3,(H,20,21,23)/t8-,9+,10?,13-/m0/s1. The Bertz CT molecular complexity index is 898. The van der Waals surface area contributed by atoms with Gasteiger partial charge in [0.2, 0.25) is 0 Å². The van der Waals surface area contributed by atoms with Gasteiger partial charge in [0.25, 0.3) is 5.56 Å². The third-order valence-electron chi connectivity index (χ3n) is 5.74. The highest BCUT2D eigenvalue weighted by Gasteiger charge is 2.41. The first-order valence-corrected chi connectivity index (χ1v) is 9.43. The first-order valence-electron chi connectivity index (χ1n) is 8.61. The van der Waals surface area contributed by atoms with E-state index in [1.165, 1.54) is 30.6 Å². The van der Waals surface area contributed by atoms with E-state index in [0.29, 0.717) is 16.7 Å². The van der Waals surface area contributed by atoms with Crippen molar-refractivity contribution in [1.82, 2.24) is 20.7 Å². The monoisotopic (exact) mass is 343 g/mol. The molecule has 2 aromatic rings. The van der Waals surface area contributed by atoms with Crippen molar-refractivity contribution >= 4 is 27.8 Å². The van der Waals surface area contributed by atoms with Gasteiger partial charge in [-0.05, 0) is 45.1 Å². The van der Waals surface area contributed by atoms with Gasteiger partial charge in [0.05, 0.1) is 23.0 Å². The molecule has 1 aliphatic carbocycles. The predicted octanol–water partition coefficient (Wildman–Crippen LogP) is 2.25. The summed E-state index contributed by atoms with van der Waals surface area (Å²) in [7, 11) is 0. The maximum Gasteiger partial charge on any atom is 0.268 e. The number of nitrogens with zero attached hydrogens (tertiary/aromatic N) is 2. The van der Waals surface area contributed by atoms with Crippen LogP contribution < -0.4 is 16.3 Å². The first-order chi connectivity index (χ1) is 11.5. The zero-order chi connectivity index (χ0) is 16.5. The van der Waals surface area contributed by atoms with Crippen LogP contribution in [-0.4, -0.2) is 27.8 Å². The lowest BCUT2D eigenvalue weighted by Crippen LogP contribution is -2.36. The van der Waals surface area contributed by atoms with Gasteiger partial charge in [-0.15, -0.1) is 11.3 Å². The Kier molecular flexibility index (Phi) is 2.98. The zero-order valence-corrected chi connectivity index (χ0v) is 14.6. The molecule has 4 heterocycles. The van der Waals surface area contributed by atoms with Crippen molar-refractivity contribution in [2.75, 3.05) is 0 Å². The number of nitrogens with one attached hydrogen (secondary N) is 3. The molecule has 2 fully saturated rings. The number of aromatic amines is 1. The molecule has 5 rings (SSSR count). The van der Waals surface area contributed by atoms with Gasteiger partial charge >= 0.3 is 0 Å². The van der Waals surface area contributed by atoms with Crippen LogP contribution in [0, 0.1) is 5.92 Å². The molecular formula is C17H21N5OS. The van der Waals surface area contributed by atoms with Crippen LogP contribution in [0.2, 0.25) is 0 Å². The van der Waals surface area contributed by atoms with Crippen LogP contribution in [0.15, 0.2) is 16.0 Å². The van der Waals surface area contributed by atoms with Gasteiger partial charge in [0.15, 0.2) is 0 Å². The second-order valence-electron chi connectivity index (χ2n) is 7.82. The molecule has 0 amide bonds. The molecule has 2 aromatic heterocycles. The lowest BCUT2D eigenvalue weighted by molar-refractivity contribution is 0.377. The number of hydrogen-bond donors (Lipinski definition) is 3. The molecule has 3 N–H and O–H groups in total. The van der Waals surface area contributed by atoms with E-state index in [1.807, 2.05) is 6.21 Å². The largest absolute Gasteiger partial charge is 0.308 e. The van der Waals surface area contributed by atoms with E-state index in [-0.39, 0.29) is 23.1 Å². The molecule has 6 nitrogen and oxygen atoms in total. The minimum atomic E-state index is -0.136. The molecule has 126 valence electrons. The number of H-pyrrole nitrogens is 1. The number of rotatable bonds is 2. The molecule has 1 saturated heterocycles. The minimum Gasteiger partial charge on any atom is -0.308 e. The van der Waals surface area contributed by atoms with Crippen LogP contribution in [0.25, 0.3) is 10.2 Å². The summed E-state index contributed by atoms with van der Waals surface area (Å²) in [5.74, 6) is 1.58. The maximum absolute atomic E-state index is 12.6. The van der Waals surface area contributed by atoms with E-state index in [9.17, 15) is 4.79 Å². The molecule has 4 atom stereocenters. The van der Waals surface area contributed by atoms with E-state index in [2.05, 4.69) is 40.7 Å². The summed E-state index contributed by atoms with van der Waals surface area (Å²) < 4.78 is 0.716. The maximum atomic E-state index is 12.6. The van der Waals surface area contributed by atoms with Crippen molar-refractivity contribution < 1.29 is 0 Å². The Morgan fingerprint density at radius 1 is 1.33 bits per heavy atom. The Hall–Kier alpha value is -1.73. The van der Waals surface area contributed by atoms with Gasteiger partial charge in [-0.3, -0.25) is 4.79 Å². The Balaban J connectivity index is 1.57. The fourth-order valence-corrected chi connectivity index (χ4v) is 5.64. The van der Waals surface area contributed by atoms with Crippen LogP contribution in [0.1, 0.15) is 55.8 Å². The summed E-state index contributed by atoms with van der Waals surface area (Å²) in [6.45, 7) is 4.24. The van der Waals surface area contributed by atoms with Gasteiger partial charge < -0.3 is 15.7 Å². The SMILES string of the molecule is CC1(C)NN=CC1c1cc2nc([C@H]3N[C@@H]4CC[C@H]3C4)[nH]c(=O)c2s1. The lowest BCUT2D eigenvalue weighted by Gasteiger charge is -2.24. The van der Waals surface area contributed by atoms with E-state index < -0.39 is 0 Å². The van der Waals surface area contributed by atoms with Crippen LogP contribution >= 0.6 is 11.3 Å². The Labute approximate surface area is 143 Å². The van der Waals surface area contributed by atoms with Crippen LogP contribution in [0.3, 0.4) is 0 Å². The van der Waals surface area contributed by atoms with Gasteiger partial charge in [-0.25, -0.2) is 4.98 Å². The summed E-state index contributed by atoms with van der Waals surface area (Å²) in [5.41, 5.74) is 3.80. The summed E-state index contributed by atoms with van der Waals surface area (Å²) >= 11 is 1.53. The van der Waals surface area contributed by atoms with Crippen molar-refractivity contribution in [2.24, 2.45) is 11.0 Å². The zero-order valence-electron chi connectivity index (χ0n) is 13.8. The number of aromatic nitrogens is 2. The second-order valence-corrected chi connectivity index (χ2v) is 8.90. The number of thiophene rings is 1. The van der Waals surface area contributed by atoms with E-state index >= 15 is 0 Å². The van der Waals surface area contributed by atoms with Crippen molar-refractivity contribution in [3.63, 3.8) is 0 Å². The third kappa shape index (κ3) is 2.07. The highest BCUT2D eigenvalue weighted by Crippen LogP contribution is 2.42. The molecule has 3 aliphatic rings. The minimum absolute atomic E-state index is 0.0171. The average Bonchev–Trinajstić information content (AvgIpc) is 3.28. The first kappa shape index (κ1) is 14.6. The molecule has 1 saturated carbocycles. The van der Waals surface area contributed by atoms with Crippen molar-refractivity contribution in [2.45, 2.75) is 56.7 Å². The van der Waals surface area contributed by atoms with Gasteiger partial charge in [-0.1, -0.05) is 0 Å². The fourth-order valence-electron chi connectivity index (χ4n) is 4.40. The molecule has 0 radical (unpaired) electrons. The molecule has 7 heteroatoms. The summed E-state index contributed by atoms with van der Waals surface area (Å²) in [6.07, 6.45) is 5.62. The molecule has 0 spiro atoms. The normalized spacial score (nSPS) is 33.4. The Morgan fingerprint density at radius 3 is 2.88 bits per heavy atom. The average molecular weight is 343 g/mol. The fraction of sp³-hybridized carbons (Fsp3) is 0.588. The summed E-state index contributed by atoms with van der Waals surface area (Å²) in [5, 5.41) is 7.82. The highest BCUT2D eigenvalue weighted by atomic mass is 32.1. The van der Waals surface area contributed by atoms with E-state index in [4.69, 9.17) is 4.98 Å². The van der Waals surface area contributed by atoms with Crippen molar-refractivity contribution in [3.8, 4) is 0 Å². The number of piperidine rings is 1. The third-order valence-corrected chi connectivity index (χ3v) is 6.94. The van der Waals surface area contributed by atoms with Gasteiger partial charge in [-0.2, -0.15) is 5.10 Å². The van der Waals surface area contributed by atoms with Crippen molar-refractivity contribution in [1.29, 1.82) is 0 Å². The molecule has 1 unspecified atom stereocenters. The predicted molar refractivity (Wildman–Crippen MR) is 95.7 cm³/mol. The topological polar surface area (TPSA) is 82.2 Å².